The van der Waals surface area contributed by atoms with Crippen molar-refractivity contribution in [3.8, 4) is 0 Å². The van der Waals surface area contributed by atoms with E-state index in [-0.39, 0.29) is 0 Å². The van der Waals surface area contributed by atoms with E-state index in [1.54, 1.807) is 0 Å². The molecule has 72 valence electrons. The molecule has 0 spiro atoms. The summed E-state index contributed by atoms with van der Waals surface area (Å²) in [4.78, 5) is 1.44. The number of thiophene rings is 1. The van der Waals surface area contributed by atoms with E-state index in [0.29, 0.717) is 6.04 Å². The van der Waals surface area contributed by atoms with Crippen LogP contribution in [0, 0.1) is 5.92 Å². The fourth-order valence-electron chi connectivity index (χ4n) is 1.93. The van der Waals surface area contributed by atoms with Crippen LogP contribution in [0.25, 0.3) is 0 Å². The van der Waals surface area contributed by atoms with E-state index in [2.05, 4.69) is 17.5 Å². The van der Waals surface area contributed by atoms with Crippen LogP contribution in [0.2, 0.25) is 0 Å². The highest BCUT2D eigenvalue weighted by Crippen LogP contribution is 2.30. The van der Waals surface area contributed by atoms with E-state index in [9.17, 15) is 0 Å². The zero-order valence-electron chi connectivity index (χ0n) is 7.91. The highest BCUT2D eigenvalue weighted by Gasteiger charge is 2.20. The van der Waals surface area contributed by atoms with Crippen molar-refractivity contribution in [2.75, 3.05) is 0 Å². The van der Waals surface area contributed by atoms with Gasteiger partial charge in [0, 0.05) is 10.9 Å². The van der Waals surface area contributed by atoms with Crippen LogP contribution < -0.4 is 5.73 Å². The first-order valence-corrected chi connectivity index (χ1v) is 6.00. The summed E-state index contributed by atoms with van der Waals surface area (Å²) in [5, 5.41) is 2.13. The first kappa shape index (κ1) is 9.22. The van der Waals surface area contributed by atoms with Gasteiger partial charge in [0.2, 0.25) is 0 Å². The predicted molar refractivity (Wildman–Crippen MR) is 58.0 cm³/mol. The molecule has 2 N–H and O–H groups in total. The molecule has 2 rings (SSSR count). The van der Waals surface area contributed by atoms with E-state index in [0.717, 1.165) is 12.3 Å². The third-order valence-corrected chi connectivity index (χ3v) is 3.80. The van der Waals surface area contributed by atoms with Crippen LogP contribution in [0.15, 0.2) is 17.5 Å². The largest absolute Gasteiger partial charge is 0.327 e. The van der Waals surface area contributed by atoms with Gasteiger partial charge < -0.3 is 5.73 Å². The molecule has 13 heavy (non-hydrogen) atoms. The Bertz CT molecular complexity index is 239. The van der Waals surface area contributed by atoms with Gasteiger partial charge in [0.05, 0.1) is 0 Å². The molecule has 1 heterocycles. The molecule has 1 aromatic rings. The summed E-state index contributed by atoms with van der Waals surface area (Å²) in [5.74, 6) is 0.940. The lowest BCUT2D eigenvalue weighted by Crippen LogP contribution is -2.28. The lowest BCUT2D eigenvalue weighted by Gasteiger charge is -2.27. The summed E-state index contributed by atoms with van der Waals surface area (Å²) >= 11 is 1.82. The summed E-state index contributed by atoms with van der Waals surface area (Å²) in [7, 11) is 0. The first-order valence-electron chi connectivity index (χ1n) is 5.12. The fourth-order valence-corrected chi connectivity index (χ4v) is 2.73. The summed E-state index contributed by atoms with van der Waals surface area (Å²) in [6.07, 6.45) is 6.57. The standard InChI is InChI=1S/C11H17NS/c12-10(7-9-3-1-4-9)8-11-5-2-6-13-11/h2,5-6,9-10H,1,3-4,7-8,12H2. The molecular formula is C11H17NS. The highest BCUT2D eigenvalue weighted by molar-refractivity contribution is 7.09. The maximum Gasteiger partial charge on any atom is 0.00898 e. The van der Waals surface area contributed by atoms with Gasteiger partial charge in [-0.05, 0) is 30.2 Å². The second-order valence-corrected chi connectivity index (χ2v) is 5.11. The Morgan fingerprint density at radius 3 is 2.92 bits per heavy atom. The van der Waals surface area contributed by atoms with Gasteiger partial charge in [0.1, 0.15) is 0 Å². The van der Waals surface area contributed by atoms with E-state index in [1.807, 2.05) is 11.3 Å². The van der Waals surface area contributed by atoms with Crippen molar-refractivity contribution in [3.05, 3.63) is 22.4 Å². The smallest absolute Gasteiger partial charge is 0.00898 e. The van der Waals surface area contributed by atoms with Crippen molar-refractivity contribution >= 4 is 11.3 Å². The number of rotatable bonds is 4. The normalized spacial score (nSPS) is 19.8. The van der Waals surface area contributed by atoms with Crippen molar-refractivity contribution < 1.29 is 0 Å². The monoisotopic (exact) mass is 195 g/mol. The summed E-state index contributed by atoms with van der Waals surface area (Å²) < 4.78 is 0. The van der Waals surface area contributed by atoms with Crippen LogP contribution >= 0.6 is 11.3 Å². The van der Waals surface area contributed by atoms with Gasteiger partial charge in [-0.25, -0.2) is 0 Å². The number of hydrogen-bond acceptors (Lipinski definition) is 2. The minimum absolute atomic E-state index is 0.393. The van der Waals surface area contributed by atoms with Crippen LogP contribution in [0.3, 0.4) is 0 Å². The van der Waals surface area contributed by atoms with Crippen LogP contribution in [-0.4, -0.2) is 6.04 Å². The zero-order valence-corrected chi connectivity index (χ0v) is 8.72. The van der Waals surface area contributed by atoms with Gasteiger partial charge in [-0.15, -0.1) is 11.3 Å². The average molecular weight is 195 g/mol. The molecule has 1 aromatic heterocycles. The molecule has 1 fully saturated rings. The Labute approximate surface area is 84.0 Å². The van der Waals surface area contributed by atoms with Crippen molar-refractivity contribution in [3.63, 3.8) is 0 Å². The molecule has 1 aliphatic rings. The molecule has 1 saturated carbocycles. The second kappa shape index (κ2) is 4.25. The van der Waals surface area contributed by atoms with E-state index in [1.165, 1.54) is 30.6 Å². The quantitative estimate of drug-likeness (QED) is 0.785. The van der Waals surface area contributed by atoms with Gasteiger partial charge >= 0.3 is 0 Å². The minimum Gasteiger partial charge on any atom is -0.327 e. The third-order valence-electron chi connectivity index (χ3n) is 2.90. The van der Waals surface area contributed by atoms with Gasteiger partial charge in [0.15, 0.2) is 0 Å². The van der Waals surface area contributed by atoms with Gasteiger partial charge in [0.25, 0.3) is 0 Å². The fraction of sp³-hybridized carbons (Fsp3) is 0.636. The SMILES string of the molecule is NC(Cc1cccs1)CC1CCC1. The third kappa shape index (κ3) is 2.55. The molecule has 0 bridgehead atoms. The van der Waals surface area contributed by atoms with Gasteiger partial charge in [-0.3, -0.25) is 0 Å². The molecule has 0 radical (unpaired) electrons. The Morgan fingerprint density at radius 1 is 1.54 bits per heavy atom. The molecule has 2 heteroatoms. The molecule has 0 saturated heterocycles. The topological polar surface area (TPSA) is 26.0 Å². The number of hydrogen-bond donors (Lipinski definition) is 1. The van der Waals surface area contributed by atoms with E-state index >= 15 is 0 Å². The molecule has 1 aliphatic carbocycles. The Balaban J connectivity index is 1.74. The van der Waals surface area contributed by atoms with Crippen LogP contribution in [-0.2, 0) is 6.42 Å². The maximum atomic E-state index is 6.08. The summed E-state index contributed by atoms with van der Waals surface area (Å²) in [6.45, 7) is 0. The summed E-state index contributed by atoms with van der Waals surface area (Å²) in [5.41, 5.74) is 6.08. The van der Waals surface area contributed by atoms with E-state index in [4.69, 9.17) is 5.73 Å². The van der Waals surface area contributed by atoms with Crippen LogP contribution in [0.5, 0.6) is 0 Å². The van der Waals surface area contributed by atoms with Gasteiger partial charge in [-0.1, -0.05) is 25.3 Å². The van der Waals surface area contributed by atoms with E-state index < -0.39 is 0 Å². The Morgan fingerprint density at radius 2 is 2.38 bits per heavy atom. The zero-order chi connectivity index (χ0) is 9.10. The molecule has 0 aromatic carbocycles. The Kier molecular flexibility index (Phi) is 3.01. The predicted octanol–water partition coefficient (Wildman–Crippen LogP) is 2.81. The molecule has 1 atom stereocenters. The van der Waals surface area contributed by atoms with Gasteiger partial charge in [-0.2, -0.15) is 0 Å². The van der Waals surface area contributed by atoms with Crippen molar-refractivity contribution in [1.82, 2.24) is 0 Å². The molecule has 0 aliphatic heterocycles. The molecule has 1 unspecified atom stereocenters. The van der Waals surface area contributed by atoms with Crippen molar-refractivity contribution in [2.24, 2.45) is 11.7 Å². The van der Waals surface area contributed by atoms with Crippen molar-refractivity contribution in [1.29, 1.82) is 0 Å². The first-order chi connectivity index (χ1) is 6.34. The average Bonchev–Trinajstić information content (AvgIpc) is 2.49. The molecule has 0 amide bonds. The van der Waals surface area contributed by atoms with Crippen LogP contribution in [0.4, 0.5) is 0 Å². The lowest BCUT2D eigenvalue weighted by molar-refractivity contribution is 0.276. The second-order valence-electron chi connectivity index (χ2n) is 4.08. The highest BCUT2D eigenvalue weighted by atomic mass is 32.1. The maximum absolute atomic E-state index is 6.08. The van der Waals surface area contributed by atoms with Crippen LogP contribution in [0.1, 0.15) is 30.6 Å². The Hall–Kier alpha value is -0.340. The molecule has 1 nitrogen and oxygen atoms in total. The van der Waals surface area contributed by atoms with Crippen molar-refractivity contribution in [2.45, 2.75) is 38.1 Å². The lowest BCUT2D eigenvalue weighted by atomic mass is 9.80. The summed E-state index contributed by atoms with van der Waals surface area (Å²) in [6, 6.07) is 4.69. The molecular weight excluding hydrogens is 178 g/mol. The number of nitrogens with two attached hydrogens (primary N) is 1. The minimum atomic E-state index is 0.393.